The molecular formula is C17H14BrNOS2. The van der Waals surface area contributed by atoms with Crippen molar-refractivity contribution in [3.05, 3.63) is 86.8 Å². The largest absolute Gasteiger partial charge is 0.258 e. The molecule has 1 heterocycles. The molecule has 1 aromatic heterocycles. The van der Waals surface area contributed by atoms with Crippen molar-refractivity contribution in [2.45, 2.75) is 11.0 Å². The van der Waals surface area contributed by atoms with Crippen LogP contribution in [-0.4, -0.2) is 9.19 Å². The van der Waals surface area contributed by atoms with E-state index >= 15 is 0 Å². The summed E-state index contributed by atoms with van der Waals surface area (Å²) in [7, 11) is -1.04. The van der Waals surface area contributed by atoms with E-state index in [0.29, 0.717) is 5.75 Å². The Morgan fingerprint density at radius 2 is 1.73 bits per heavy atom. The lowest BCUT2D eigenvalue weighted by atomic mass is 10.0. The minimum absolute atomic E-state index is 0.128. The van der Waals surface area contributed by atoms with Crippen LogP contribution in [0.3, 0.4) is 0 Å². The second kappa shape index (κ2) is 7.31. The molecular weight excluding hydrogens is 378 g/mol. The normalized spacial score (nSPS) is 13.7. The maximum Gasteiger partial charge on any atom is 0.0850 e. The van der Waals surface area contributed by atoms with Crippen molar-refractivity contribution < 1.29 is 4.21 Å². The molecule has 0 aliphatic rings. The summed E-state index contributed by atoms with van der Waals surface area (Å²) < 4.78 is 14.0. The van der Waals surface area contributed by atoms with E-state index in [0.717, 1.165) is 20.5 Å². The maximum absolute atomic E-state index is 13.0. The number of rotatable bonds is 5. The average molecular weight is 392 g/mol. The summed E-state index contributed by atoms with van der Waals surface area (Å²) in [5, 5.41) is -0.128. The Bertz CT molecular complexity index is 742. The Labute approximate surface area is 144 Å². The summed E-state index contributed by atoms with van der Waals surface area (Å²) in [6.45, 7) is 0. The van der Waals surface area contributed by atoms with Crippen LogP contribution in [0.2, 0.25) is 0 Å². The average Bonchev–Trinajstić information content (AvgIpc) is 3.03. The third kappa shape index (κ3) is 3.72. The molecule has 0 unspecified atom stereocenters. The van der Waals surface area contributed by atoms with E-state index in [4.69, 9.17) is 0 Å². The van der Waals surface area contributed by atoms with Gasteiger partial charge < -0.3 is 0 Å². The number of thiazole rings is 1. The van der Waals surface area contributed by atoms with Gasteiger partial charge in [0.2, 0.25) is 0 Å². The van der Waals surface area contributed by atoms with E-state index in [9.17, 15) is 4.21 Å². The van der Waals surface area contributed by atoms with E-state index in [1.165, 1.54) is 0 Å². The van der Waals surface area contributed by atoms with Gasteiger partial charge in [0, 0.05) is 26.3 Å². The van der Waals surface area contributed by atoms with Gasteiger partial charge in [0.05, 0.1) is 16.5 Å². The molecule has 0 saturated heterocycles. The van der Waals surface area contributed by atoms with Gasteiger partial charge >= 0.3 is 0 Å². The van der Waals surface area contributed by atoms with Crippen molar-refractivity contribution in [2.75, 3.05) is 0 Å². The molecule has 5 heteroatoms. The zero-order valence-corrected chi connectivity index (χ0v) is 14.9. The minimum Gasteiger partial charge on any atom is -0.258 e. The van der Waals surface area contributed by atoms with E-state index < -0.39 is 10.8 Å². The fraction of sp³-hybridized carbons (Fsp3) is 0.118. The number of benzene rings is 2. The van der Waals surface area contributed by atoms with Crippen LogP contribution >= 0.6 is 27.3 Å². The van der Waals surface area contributed by atoms with Gasteiger partial charge in [-0.25, -0.2) is 0 Å². The molecule has 0 radical (unpaired) electrons. The van der Waals surface area contributed by atoms with Gasteiger partial charge in [0.1, 0.15) is 0 Å². The molecule has 0 N–H and O–H groups in total. The van der Waals surface area contributed by atoms with Crippen molar-refractivity contribution in [2.24, 2.45) is 0 Å². The SMILES string of the molecule is O=[S@@](Cc1cncs1)[C@H](c1ccccc1)c1ccc(Br)cc1. The van der Waals surface area contributed by atoms with Gasteiger partial charge in [0.25, 0.3) is 0 Å². The molecule has 0 amide bonds. The van der Waals surface area contributed by atoms with E-state index in [1.807, 2.05) is 54.6 Å². The first-order valence-electron chi connectivity index (χ1n) is 6.79. The summed E-state index contributed by atoms with van der Waals surface area (Å²) in [6.07, 6.45) is 1.80. The molecule has 2 nitrogen and oxygen atoms in total. The lowest BCUT2D eigenvalue weighted by Crippen LogP contribution is -2.10. The van der Waals surface area contributed by atoms with Crippen LogP contribution in [0.25, 0.3) is 0 Å². The van der Waals surface area contributed by atoms with Gasteiger partial charge in [-0.2, -0.15) is 0 Å². The molecule has 0 bridgehead atoms. The fourth-order valence-corrected chi connectivity index (χ4v) is 5.01. The summed E-state index contributed by atoms with van der Waals surface area (Å²) in [4.78, 5) is 5.12. The minimum atomic E-state index is -1.04. The lowest BCUT2D eigenvalue weighted by molar-refractivity contribution is 0.678. The zero-order chi connectivity index (χ0) is 15.4. The first-order valence-corrected chi connectivity index (χ1v) is 9.84. The Kier molecular flexibility index (Phi) is 5.18. The highest BCUT2D eigenvalue weighted by atomic mass is 79.9. The second-order valence-corrected chi connectivity index (χ2v) is 8.24. The van der Waals surface area contributed by atoms with Crippen LogP contribution in [0.4, 0.5) is 0 Å². The van der Waals surface area contributed by atoms with Gasteiger partial charge in [-0.05, 0) is 23.3 Å². The summed E-state index contributed by atoms with van der Waals surface area (Å²) in [5.74, 6) is 0.528. The number of aromatic nitrogens is 1. The van der Waals surface area contributed by atoms with Crippen molar-refractivity contribution in [3.8, 4) is 0 Å². The summed E-state index contributed by atoms with van der Waals surface area (Å²) >= 11 is 5.00. The fourth-order valence-electron chi connectivity index (χ4n) is 2.30. The van der Waals surface area contributed by atoms with Crippen molar-refractivity contribution in [1.29, 1.82) is 0 Å². The van der Waals surface area contributed by atoms with Crippen LogP contribution in [0, 0.1) is 0 Å². The molecule has 3 rings (SSSR count). The highest BCUT2D eigenvalue weighted by Crippen LogP contribution is 2.31. The molecule has 0 aliphatic carbocycles. The van der Waals surface area contributed by atoms with Crippen LogP contribution in [-0.2, 0) is 16.6 Å². The molecule has 2 atom stereocenters. The molecule has 0 spiro atoms. The highest BCUT2D eigenvalue weighted by Gasteiger charge is 2.21. The number of hydrogen-bond acceptors (Lipinski definition) is 3. The molecule has 0 saturated carbocycles. The highest BCUT2D eigenvalue weighted by molar-refractivity contribution is 9.10. The molecule has 3 aromatic rings. The van der Waals surface area contributed by atoms with Crippen molar-refractivity contribution >= 4 is 38.1 Å². The molecule has 0 fully saturated rings. The smallest absolute Gasteiger partial charge is 0.0850 e. The summed E-state index contributed by atoms with van der Waals surface area (Å²) in [5.41, 5.74) is 3.92. The van der Waals surface area contributed by atoms with Crippen molar-refractivity contribution in [1.82, 2.24) is 4.98 Å². The number of nitrogens with zero attached hydrogens (tertiary/aromatic N) is 1. The third-order valence-corrected chi connectivity index (χ3v) is 6.46. The number of halogens is 1. The Balaban J connectivity index is 1.95. The molecule has 112 valence electrons. The van der Waals surface area contributed by atoms with Crippen LogP contribution in [0.15, 0.2) is 70.8 Å². The first kappa shape index (κ1) is 15.6. The van der Waals surface area contributed by atoms with Crippen molar-refractivity contribution in [3.63, 3.8) is 0 Å². The Morgan fingerprint density at radius 3 is 2.36 bits per heavy atom. The van der Waals surface area contributed by atoms with E-state index in [1.54, 1.807) is 23.0 Å². The zero-order valence-electron chi connectivity index (χ0n) is 11.7. The first-order chi connectivity index (χ1) is 10.7. The third-order valence-electron chi connectivity index (χ3n) is 3.31. The monoisotopic (exact) mass is 391 g/mol. The quantitative estimate of drug-likeness (QED) is 0.615. The van der Waals surface area contributed by atoms with Gasteiger partial charge in [-0.3, -0.25) is 9.19 Å². The standard InChI is InChI=1S/C17H14BrNOS2/c18-15-8-6-14(7-9-15)17(13-4-2-1-3-5-13)22(20)11-16-10-19-12-21-16/h1-10,12,17H,11H2/t17-,22+/m1/s1. The second-order valence-electron chi connectivity index (χ2n) is 4.84. The molecule has 0 aliphatic heterocycles. The predicted molar refractivity (Wildman–Crippen MR) is 96.4 cm³/mol. The Hall–Kier alpha value is -1.30. The van der Waals surface area contributed by atoms with Gasteiger partial charge in [-0.15, -0.1) is 11.3 Å². The van der Waals surface area contributed by atoms with Crippen LogP contribution < -0.4 is 0 Å². The predicted octanol–water partition coefficient (Wildman–Crippen LogP) is 4.94. The van der Waals surface area contributed by atoms with Crippen LogP contribution in [0.1, 0.15) is 21.3 Å². The topological polar surface area (TPSA) is 30.0 Å². The van der Waals surface area contributed by atoms with E-state index in [-0.39, 0.29) is 5.25 Å². The van der Waals surface area contributed by atoms with Gasteiger partial charge in [-0.1, -0.05) is 58.4 Å². The maximum atomic E-state index is 13.0. The Morgan fingerprint density at radius 1 is 1.05 bits per heavy atom. The molecule has 22 heavy (non-hydrogen) atoms. The summed E-state index contributed by atoms with van der Waals surface area (Å²) in [6, 6.07) is 18.1. The van der Waals surface area contributed by atoms with Crippen LogP contribution in [0.5, 0.6) is 0 Å². The van der Waals surface area contributed by atoms with Gasteiger partial charge in [0.15, 0.2) is 0 Å². The number of hydrogen-bond donors (Lipinski definition) is 0. The lowest BCUT2D eigenvalue weighted by Gasteiger charge is -2.17. The van der Waals surface area contributed by atoms with E-state index in [2.05, 4.69) is 20.9 Å². The molecule has 2 aromatic carbocycles.